The van der Waals surface area contributed by atoms with Gasteiger partial charge in [0.2, 0.25) is 5.95 Å². The van der Waals surface area contributed by atoms with E-state index in [1.165, 1.54) is 12.4 Å². The Morgan fingerprint density at radius 1 is 1.38 bits per heavy atom. The van der Waals surface area contributed by atoms with E-state index >= 15 is 0 Å². The number of aromatic nitrogens is 2. The fraction of sp³-hybridized carbons (Fsp3) is 0.556. The second kappa shape index (κ2) is 4.25. The molecule has 0 bridgehead atoms. The molecule has 88 valence electrons. The lowest BCUT2D eigenvalue weighted by atomic mass is 10.2. The van der Waals surface area contributed by atoms with Crippen molar-refractivity contribution in [3.05, 3.63) is 12.4 Å². The van der Waals surface area contributed by atoms with E-state index in [1.807, 2.05) is 0 Å². The van der Waals surface area contributed by atoms with Gasteiger partial charge >= 0.3 is 0 Å². The molecule has 1 fully saturated rings. The Bertz CT molecular complexity index is 457. The zero-order valence-corrected chi connectivity index (χ0v) is 9.57. The van der Waals surface area contributed by atoms with Crippen LogP contribution in [0.1, 0.15) is 12.8 Å². The highest BCUT2D eigenvalue weighted by Gasteiger charge is 2.24. The largest absolute Gasteiger partial charge is 0.396 e. The fourth-order valence-electron chi connectivity index (χ4n) is 1.73. The highest BCUT2D eigenvalue weighted by Crippen LogP contribution is 2.15. The minimum absolute atomic E-state index is 0.0950. The summed E-state index contributed by atoms with van der Waals surface area (Å²) >= 11 is 0. The Balaban J connectivity index is 2.02. The van der Waals surface area contributed by atoms with Crippen molar-refractivity contribution in [1.29, 1.82) is 0 Å². The minimum Gasteiger partial charge on any atom is -0.396 e. The predicted molar refractivity (Wildman–Crippen MR) is 61.7 cm³/mol. The lowest BCUT2D eigenvalue weighted by Crippen LogP contribution is -2.35. The number of hydrogen-bond donors (Lipinski definition) is 2. The number of nitrogen functional groups attached to an aromatic ring is 1. The average molecular weight is 242 g/mol. The van der Waals surface area contributed by atoms with Crippen molar-refractivity contribution in [1.82, 2.24) is 9.97 Å². The molecule has 6 nitrogen and oxygen atoms in total. The van der Waals surface area contributed by atoms with E-state index in [2.05, 4.69) is 15.3 Å². The van der Waals surface area contributed by atoms with Gasteiger partial charge in [0, 0.05) is 6.04 Å². The van der Waals surface area contributed by atoms with Crippen molar-refractivity contribution in [2.24, 2.45) is 0 Å². The van der Waals surface area contributed by atoms with Crippen molar-refractivity contribution in [2.45, 2.75) is 18.9 Å². The second-order valence-corrected chi connectivity index (χ2v) is 6.17. The van der Waals surface area contributed by atoms with Gasteiger partial charge < -0.3 is 11.1 Å². The Kier molecular flexibility index (Phi) is 2.95. The number of rotatable bonds is 2. The molecule has 0 radical (unpaired) electrons. The molecule has 0 aliphatic carbocycles. The zero-order valence-electron chi connectivity index (χ0n) is 8.76. The first kappa shape index (κ1) is 11.1. The number of hydrogen-bond acceptors (Lipinski definition) is 6. The first-order valence-corrected chi connectivity index (χ1v) is 6.92. The fourth-order valence-corrected chi connectivity index (χ4v) is 3.37. The third kappa shape index (κ3) is 2.82. The summed E-state index contributed by atoms with van der Waals surface area (Å²) < 4.78 is 22.8. The first-order chi connectivity index (χ1) is 7.55. The van der Waals surface area contributed by atoms with E-state index in [0.717, 1.165) is 6.42 Å². The van der Waals surface area contributed by atoms with Crippen LogP contribution in [-0.4, -0.2) is 35.9 Å². The molecule has 2 rings (SSSR count). The van der Waals surface area contributed by atoms with E-state index in [1.54, 1.807) is 0 Å². The summed E-state index contributed by atoms with van der Waals surface area (Å²) in [6.45, 7) is 0. The lowest BCUT2D eigenvalue weighted by molar-refractivity contribution is 0.561. The van der Waals surface area contributed by atoms with Crippen molar-refractivity contribution < 1.29 is 8.42 Å². The normalized spacial score (nSPS) is 23.9. The maximum Gasteiger partial charge on any atom is 0.222 e. The highest BCUT2D eigenvalue weighted by molar-refractivity contribution is 7.91. The summed E-state index contributed by atoms with van der Waals surface area (Å²) in [7, 11) is -2.90. The maximum atomic E-state index is 11.4. The van der Waals surface area contributed by atoms with Crippen LogP contribution in [0, 0.1) is 0 Å². The van der Waals surface area contributed by atoms with Gasteiger partial charge in [0.25, 0.3) is 0 Å². The molecule has 2 heterocycles. The number of nitrogens with two attached hydrogens (primary N) is 1. The third-order valence-corrected chi connectivity index (χ3v) is 4.29. The number of anilines is 2. The van der Waals surface area contributed by atoms with Crippen molar-refractivity contribution >= 4 is 21.5 Å². The Labute approximate surface area is 94.2 Å². The molecular weight excluding hydrogens is 228 g/mol. The Morgan fingerprint density at radius 2 is 2.06 bits per heavy atom. The number of sulfone groups is 1. The monoisotopic (exact) mass is 242 g/mol. The molecule has 1 atom stereocenters. The van der Waals surface area contributed by atoms with E-state index in [-0.39, 0.29) is 17.5 Å². The van der Waals surface area contributed by atoms with Crippen LogP contribution in [0.3, 0.4) is 0 Å². The van der Waals surface area contributed by atoms with Gasteiger partial charge in [-0.1, -0.05) is 0 Å². The van der Waals surface area contributed by atoms with Gasteiger partial charge in [-0.15, -0.1) is 0 Å². The molecule has 0 aromatic carbocycles. The molecule has 1 aromatic rings. The van der Waals surface area contributed by atoms with Gasteiger partial charge in [-0.3, -0.25) is 0 Å². The molecule has 1 aromatic heterocycles. The summed E-state index contributed by atoms with van der Waals surface area (Å²) in [6, 6.07) is -0.0950. The van der Waals surface area contributed by atoms with Gasteiger partial charge in [0.15, 0.2) is 9.84 Å². The van der Waals surface area contributed by atoms with Gasteiger partial charge in [-0.05, 0) is 12.8 Å². The molecule has 3 N–H and O–H groups in total. The van der Waals surface area contributed by atoms with Crippen LogP contribution < -0.4 is 11.1 Å². The van der Waals surface area contributed by atoms with Crippen LogP contribution >= 0.6 is 0 Å². The molecule has 1 aliphatic heterocycles. The van der Waals surface area contributed by atoms with Crippen LogP contribution in [0.4, 0.5) is 11.6 Å². The highest BCUT2D eigenvalue weighted by atomic mass is 32.2. The molecule has 1 saturated heterocycles. The van der Waals surface area contributed by atoms with Crippen LogP contribution in [-0.2, 0) is 9.84 Å². The standard InChI is InChI=1S/C9H14N4O2S/c10-7-4-11-9(12-5-7)13-8-2-1-3-16(14,15)6-8/h4-5,8H,1-3,6,10H2,(H,11,12,13). The van der Waals surface area contributed by atoms with Crippen molar-refractivity contribution in [2.75, 3.05) is 22.6 Å². The molecule has 0 amide bonds. The number of nitrogens with one attached hydrogen (secondary N) is 1. The predicted octanol–water partition coefficient (Wildman–Crippen LogP) is 0.0479. The van der Waals surface area contributed by atoms with Crippen molar-refractivity contribution in [3.8, 4) is 0 Å². The van der Waals surface area contributed by atoms with E-state index < -0.39 is 9.84 Å². The van der Waals surface area contributed by atoms with E-state index in [0.29, 0.717) is 18.1 Å². The van der Waals surface area contributed by atoms with E-state index in [9.17, 15) is 8.42 Å². The lowest BCUT2D eigenvalue weighted by Gasteiger charge is -2.22. The summed E-state index contributed by atoms with van der Waals surface area (Å²) in [4.78, 5) is 7.96. The number of nitrogens with zero attached hydrogens (tertiary/aromatic N) is 2. The molecule has 1 aliphatic rings. The SMILES string of the molecule is Nc1cnc(NC2CCCS(=O)(=O)C2)nc1. The summed E-state index contributed by atoms with van der Waals surface area (Å²) in [5.41, 5.74) is 5.94. The van der Waals surface area contributed by atoms with Gasteiger partial charge in [-0.25, -0.2) is 18.4 Å². The van der Waals surface area contributed by atoms with Gasteiger partial charge in [0.1, 0.15) is 0 Å². The Hall–Kier alpha value is -1.37. The summed E-state index contributed by atoms with van der Waals surface area (Å²) in [5.74, 6) is 0.866. The molecule has 1 unspecified atom stereocenters. The van der Waals surface area contributed by atoms with Gasteiger partial charge in [0.05, 0.1) is 29.6 Å². The van der Waals surface area contributed by atoms with Crippen LogP contribution in [0.25, 0.3) is 0 Å². The third-order valence-electron chi connectivity index (χ3n) is 2.47. The minimum atomic E-state index is -2.90. The molecular formula is C9H14N4O2S. The molecule has 0 spiro atoms. The molecule has 0 saturated carbocycles. The summed E-state index contributed by atoms with van der Waals surface area (Å²) in [6.07, 6.45) is 4.50. The Morgan fingerprint density at radius 3 is 2.69 bits per heavy atom. The summed E-state index contributed by atoms with van der Waals surface area (Å²) in [5, 5.41) is 3.01. The molecule has 7 heteroatoms. The van der Waals surface area contributed by atoms with Crippen LogP contribution in [0.2, 0.25) is 0 Å². The first-order valence-electron chi connectivity index (χ1n) is 5.10. The smallest absolute Gasteiger partial charge is 0.222 e. The van der Waals surface area contributed by atoms with Crippen molar-refractivity contribution in [3.63, 3.8) is 0 Å². The zero-order chi connectivity index (χ0) is 11.6. The van der Waals surface area contributed by atoms with Crippen LogP contribution in [0.5, 0.6) is 0 Å². The maximum absolute atomic E-state index is 11.4. The molecule has 16 heavy (non-hydrogen) atoms. The van der Waals surface area contributed by atoms with E-state index in [4.69, 9.17) is 5.73 Å². The quantitative estimate of drug-likeness (QED) is 0.760. The second-order valence-electron chi connectivity index (χ2n) is 3.94. The average Bonchev–Trinajstić information content (AvgIpc) is 2.20. The van der Waals surface area contributed by atoms with Gasteiger partial charge in [-0.2, -0.15) is 0 Å². The van der Waals surface area contributed by atoms with Crippen LogP contribution in [0.15, 0.2) is 12.4 Å². The topological polar surface area (TPSA) is 98.0 Å².